The van der Waals surface area contributed by atoms with E-state index in [1.807, 2.05) is 0 Å². The molecule has 0 atom stereocenters. The number of carbonyl (C=O) groups is 1. The molecule has 5 nitrogen and oxygen atoms in total. The van der Waals surface area contributed by atoms with Crippen molar-refractivity contribution in [1.82, 2.24) is 0 Å². The molecule has 0 radical (unpaired) electrons. The number of carbonyl (C=O) groups excluding carboxylic acids is 1. The zero-order chi connectivity index (χ0) is 15.6. The Hall–Kier alpha value is -2.41. The number of primary amides is 1. The van der Waals surface area contributed by atoms with Gasteiger partial charge >= 0.3 is 0 Å². The third-order valence-corrected chi connectivity index (χ3v) is 4.26. The van der Waals surface area contributed by atoms with Crippen LogP contribution in [0.4, 0.5) is 10.1 Å². The third kappa shape index (κ3) is 3.38. The van der Waals surface area contributed by atoms with Crippen LogP contribution in [0, 0.1) is 12.7 Å². The highest BCUT2D eigenvalue weighted by Gasteiger charge is 2.17. The van der Waals surface area contributed by atoms with E-state index in [1.165, 1.54) is 30.3 Å². The number of hydrogen-bond acceptors (Lipinski definition) is 3. The molecule has 0 aliphatic rings. The van der Waals surface area contributed by atoms with Crippen molar-refractivity contribution in [1.29, 1.82) is 0 Å². The highest BCUT2D eigenvalue weighted by molar-refractivity contribution is 7.92. The first kappa shape index (κ1) is 15.0. The molecule has 0 aliphatic carbocycles. The predicted molar refractivity (Wildman–Crippen MR) is 76.9 cm³/mol. The molecule has 0 bridgehead atoms. The zero-order valence-corrected chi connectivity index (χ0v) is 11.9. The summed E-state index contributed by atoms with van der Waals surface area (Å²) >= 11 is 0. The first-order chi connectivity index (χ1) is 9.79. The standard InChI is InChI=1S/C14H13FN2O3S/c1-9-2-7-12(8-13(9)14(16)18)21(19,20)17-11-5-3-10(15)4-6-11/h2-8,17H,1H3,(H2,16,18). The van der Waals surface area contributed by atoms with Gasteiger partial charge in [0.1, 0.15) is 5.82 Å². The summed E-state index contributed by atoms with van der Waals surface area (Å²) in [5.41, 5.74) is 6.14. The minimum Gasteiger partial charge on any atom is -0.366 e. The minimum atomic E-state index is -3.88. The monoisotopic (exact) mass is 308 g/mol. The van der Waals surface area contributed by atoms with E-state index in [2.05, 4.69) is 4.72 Å². The summed E-state index contributed by atoms with van der Waals surface area (Å²) in [5, 5.41) is 0. The molecule has 2 aromatic rings. The lowest BCUT2D eigenvalue weighted by Gasteiger charge is -2.10. The van der Waals surface area contributed by atoms with Gasteiger partial charge in [0.25, 0.3) is 10.0 Å². The van der Waals surface area contributed by atoms with Gasteiger partial charge in [0.05, 0.1) is 4.90 Å². The second kappa shape index (κ2) is 5.53. The number of rotatable bonds is 4. The summed E-state index contributed by atoms with van der Waals surface area (Å²) in [5.74, 6) is -1.17. The van der Waals surface area contributed by atoms with E-state index in [9.17, 15) is 17.6 Å². The number of anilines is 1. The Bertz CT molecular complexity index is 786. The van der Waals surface area contributed by atoms with Gasteiger partial charge in [0, 0.05) is 11.3 Å². The summed E-state index contributed by atoms with van der Waals surface area (Å²) in [6, 6.07) is 8.96. The van der Waals surface area contributed by atoms with Crippen molar-refractivity contribution in [2.24, 2.45) is 5.73 Å². The van der Waals surface area contributed by atoms with Gasteiger partial charge in [-0.3, -0.25) is 9.52 Å². The van der Waals surface area contributed by atoms with Crippen LogP contribution in [-0.4, -0.2) is 14.3 Å². The maximum atomic E-state index is 12.8. The second-order valence-electron chi connectivity index (χ2n) is 4.45. The molecule has 0 saturated heterocycles. The fourth-order valence-corrected chi connectivity index (χ4v) is 2.85. The Morgan fingerprint density at radius 2 is 1.76 bits per heavy atom. The van der Waals surface area contributed by atoms with Crippen molar-refractivity contribution in [2.75, 3.05) is 4.72 Å². The van der Waals surface area contributed by atoms with E-state index >= 15 is 0 Å². The Morgan fingerprint density at radius 1 is 1.14 bits per heavy atom. The highest BCUT2D eigenvalue weighted by atomic mass is 32.2. The molecule has 0 saturated carbocycles. The van der Waals surface area contributed by atoms with E-state index in [0.29, 0.717) is 5.56 Å². The highest BCUT2D eigenvalue weighted by Crippen LogP contribution is 2.19. The SMILES string of the molecule is Cc1ccc(S(=O)(=O)Nc2ccc(F)cc2)cc1C(N)=O. The molecule has 0 unspecified atom stereocenters. The summed E-state index contributed by atoms with van der Waals surface area (Å²) in [7, 11) is -3.88. The largest absolute Gasteiger partial charge is 0.366 e. The van der Waals surface area contributed by atoms with Gasteiger partial charge in [-0.25, -0.2) is 12.8 Å². The van der Waals surface area contributed by atoms with Crippen molar-refractivity contribution in [3.63, 3.8) is 0 Å². The van der Waals surface area contributed by atoms with Crippen molar-refractivity contribution in [2.45, 2.75) is 11.8 Å². The zero-order valence-electron chi connectivity index (χ0n) is 11.1. The van der Waals surface area contributed by atoms with Crippen molar-refractivity contribution >= 4 is 21.6 Å². The fourth-order valence-electron chi connectivity index (χ4n) is 1.77. The van der Waals surface area contributed by atoms with Crippen LogP contribution in [-0.2, 0) is 10.0 Å². The molecular weight excluding hydrogens is 295 g/mol. The van der Waals surface area contributed by atoms with Gasteiger partial charge in [-0.15, -0.1) is 0 Å². The van der Waals surface area contributed by atoms with E-state index in [1.54, 1.807) is 6.92 Å². The average Bonchev–Trinajstić information content (AvgIpc) is 2.41. The van der Waals surface area contributed by atoms with Crippen LogP contribution in [0.3, 0.4) is 0 Å². The maximum Gasteiger partial charge on any atom is 0.261 e. The smallest absolute Gasteiger partial charge is 0.261 e. The van der Waals surface area contributed by atoms with E-state index in [-0.39, 0.29) is 16.1 Å². The van der Waals surface area contributed by atoms with Crippen molar-refractivity contribution in [3.05, 3.63) is 59.4 Å². The first-order valence-electron chi connectivity index (χ1n) is 5.98. The number of sulfonamides is 1. The van der Waals surface area contributed by atoms with Gasteiger partial charge < -0.3 is 5.73 Å². The van der Waals surface area contributed by atoms with Gasteiger partial charge in [-0.1, -0.05) is 6.07 Å². The van der Waals surface area contributed by atoms with Gasteiger partial charge in [0.15, 0.2) is 0 Å². The van der Waals surface area contributed by atoms with E-state index in [4.69, 9.17) is 5.73 Å². The summed E-state index contributed by atoms with van der Waals surface area (Å²) < 4.78 is 39.5. The topological polar surface area (TPSA) is 89.3 Å². The predicted octanol–water partition coefficient (Wildman–Crippen LogP) is 2.03. The number of benzene rings is 2. The summed E-state index contributed by atoms with van der Waals surface area (Å²) in [6.07, 6.45) is 0. The quantitative estimate of drug-likeness (QED) is 0.905. The van der Waals surface area contributed by atoms with E-state index in [0.717, 1.165) is 12.1 Å². The molecule has 21 heavy (non-hydrogen) atoms. The Balaban J connectivity index is 2.38. The lowest BCUT2D eigenvalue weighted by Crippen LogP contribution is -2.17. The van der Waals surface area contributed by atoms with Crippen LogP contribution >= 0.6 is 0 Å². The van der Waals surface area contributed by atoms with Crippen LogP contribution in [0.25, 0.3) is 0 Å². The molecule has 0 aromatic heterocycles. The molecule has 110 valence electrons. The van der Waals surface area contributed by atoms with Gasteiger partial charge in [-0.2, -0.15) is 0 Å². The van der Waals surface area contributed by atoms with Crippen molar-refractivity contribution in [3.8, 4) is 0 Å². The van der Waals surface area contributed by atoms with Crippen LogP contribution in [0.1, 0.15) is 15.9 Å². The van der Waals surface area contributed by atoms with Crippen LogP contribution in [0.5, 0.6) is 0 Å². The molecule has 0 aliphatic heterocycles. The number of hydrogen-bond donors (Lipinski definition) is 2. The molecular formula is C14H13FN2O3S. The minimum absolute atomic E-state index is 0.0915. The second-order valence-corrected chi connectivity index (χ2v) is 6.14. The Labute approximate surface area is 121 Å². The summed E-state index contributed by atoms with van der Waals surface area (Å²) in [4.78, 5) is 11.2. The normalized spacial score (nSPS) is 11.1. The summed E-state index contributed by atoms with van der Waals surface area (Å²) in [6.45, 7) is 1.66. The maximum absolute atomic E-state index is 12.8. The number of halogens is 1. The van der Waals surface area contributed by atoms with Gasteiger partial charge in [0.2, 0.25) is 5.91 Å². The van der Waals surface area contributed by atoms with Crippen LogP contribution in [0.2, 0.25) is 0 Å². The molecule has 1 amide bonds. The van der Waals surface area contributed by atoms with Crippen molar-refractivity contribution < 1.29 is 17.6 Å². The average molecular weight is 308 g/mol. The first-order valence-corrected chi connectivity index (χ1v) is 7.47. The molecule has 0 spiro atoms. The van der Waals surface area contributed by atoms with Gasteiger partial charge in [-0.05, 0) is 48.9 Å². The van der Waals surface area contributed by atoms with E-state index < -0.39 is 21.7 Å². The fraction of sp³-hybridized carbons (Fsp3) is 0.0714. The number of nitrogens with one attached hydrogen (secondary N) is 1. The number of aryl methyl sites for hydroxylation is 1. The molecule has 0 fully saturated rings. The molecule has 2 rings (SSSR count). The molecule has 2 aromatic carbocycles. The number of amides is 1. The molecule has 0 heterocycles. The third-order valence-electron chi connectivity index (χ3n) is 2.88. The lowest BCUT2D eigenvalue weighted by molar-refractivity contribution is 0.0999. The lowest BCUT2D eigenvalue weighted by atomic mass is 10.1. The number of nitrogens with two attached hydrogens (primary N) is 1. The Kier molecular flexibility index (Phi) is 3.95. The molecule has 7 heteroatoms. The molecule has 3 N–H and O–H groups in total. The Morgan fingerprint density at radius 3 is 2.33 bits per heavy atom. The van der Waals surface area contributed by atoms with Crippen LogP contribution in [0.15, 0.2) is 47.4 Å². The van der Waals surface area contributed by atoms with Crippen LogP contribution < -0.4 is 10.5 Å².